The third-order valence-corrected chi connectivity index (χ3v) is 2.31. The fraction of sp³-hybridized carbons (Fsp3) is 0.0833. The molecule has 20 heavy (non-hydrogen) atoms. The summed E-state index contributed by atoms with van der Waals surface area (Å²) in [5.41, 5.74) is 4.19. The highest BCUT2D eigenvalue weighted by molar-refractivity contribution is 5.59. The van der Waals surface area contributed by atoms with Crippen LogP contribution in [0.1, 0.15) is 5.56 Å². The molecular formula is C12H8F5N3. The van der Waals surface area contributed by atoms with Crippen molar-refractivity contribution in [3.05, 3.63) is 47.5 Å². The van der Waals surface area contributed by atoms with E-state index in [1.165, 1.54) is 0 Å². The molecule has 2 rings (SSSR count). The number of aromatic nitrogens is 1. The number of benzene rings is 1. The Morgan fingerprint density at radius 2 is 1.55 bits per heavy atom. The van der Waals surface area contributed by atoms with Crippen LogP contribution in [-0.2, 0) is 6.18 Å². The van der Waals surface area contributed by atoms with Gasteiger partial charge in [0.2, 0.25) is 0 Å². The van der Waals surface area contributed by atoms with Crippen LogP contribution in [0, 0.1) is 11.6 Å². The minimum atomic E-state index is -4.60. The molecule has 0 saturated carbocycles. The van der Waals surface area contributed by atoms with Crippen molar-refractivity contribution in [2.45, 2.75) is 6.18 Å². The van der Waals surface area contributed by atoms with E-state index in [4.69, 9.17) is 5.73 Å². The van der Waals surface area contributed by atoms with Crippen molar-refractivity contribution in [2.75, 3.05) is 11.1 Å². The Morgan fingerprint density at radius 3 is 2.10 bits per heavy atom. The van der Waals surface area contributed by atoms with Gasteiger partial charge in [-0.1, -0.05) is 0 Å². The van der Waals surface area contributed by atoms with Crippen LogP contribution in [0.5, 0.6) is 0 Å². The first-order valence-corrected chi connectivity index (χ1v) is 5.32. The molecule has 0 amide bonds. The summed E-state index contributed by atoms with van der Waals surface area (Å²) in [6.07, 6.45) is -4.60. The standard InChI is InChI=1S/C12H8F5N3/c13-7-3-8(14)5-9(4-7)19-11-2-6(12(15,16)17)1-10(18)20-11/h1-5H,(H3,18,19,20). The van der Waals surface area contributed by atoms with Gasteiger partial charge in [-0.05, 0) is 24.3 Å². The minimum absolute atomic E-state index is 0.0753. The topological polar surface area (TPSA) is 50.9 Å². The summed E-state index contributed by atoms with van der Waals surface area (Å²) >= 11 is 0. The number of halogens is 5. The molecule has 0 fully saturated rings. The molecule has 1 aromatic heterocycles. The van der Waals surface area contributed by atoms with Gasteiger partial charge in [0, 0.05) is 11.8 Å². The largest absolute Gasteiger partial charge is 0.416 e. The number of rotatable bonds is 2. The highest BCUT2D eigenvalue weighted by atomic mass is 19.4. The second-order valence-corrected chi connectivity index (χ2v) is 3.95. The lowest BCUT2D eigenvalue weighted by Gasteiger charge is -2.11. The van der Waals surface area contributed by atoms with Crippen LogP contribution >= 0.6 is 0 Å². The Hall–Kier alpha value is -2.38. The number of nitrogens with zero attached hydrogens (tertiary/aromatic N) is 1. The number of nitrogens with one attached hydrogen (secondary N) is 1. The molecule has 0 aliphatic carbocycles. The van der Waals surface area contributed by atoms with Crippen molar-refractivity contribution < 1.29 is 22.0 Å². The van der Waals surface area contributed by atoms with Gasteiger partial charge in [0.15, 0.2) is 0 Å². The van der Waals surface area contributed by atoms with Gasteiger partial charge in [-0.3, -0.25) is 0 Å². The van der Waals surface area contributed by atoms with E-state index in [2.05, 4.69) is 10.3 Å². The van der Waals surface area contributed by atoms with Crippen LogP contribution in [0.2, 0.25) is 0 Å². The monoisotopic (exact) mass is 289 g/mol. The van der Waals surface area contributed by atoms with E-state index in [0.717, 1.165) is 12.1 Å². The lowest BCUT2D eigenvalue weighted by molar-refractivity contribution is -0.137. The maximum atomic E-state index is 13.0. The van der Waals surface area contributed by atoms with Gasteiger partial charge in [0.25, 0.3) is 0 Å². The van der Waals surface area contributed by atoms with E-state index >= 15 is 0 Å². The van der Waals surface area contributed by atoms with E-state index < -0.39 is 23.4 Å². The van der Waals surface area contributed by atoms with Gasteiger partial charge in [-0.15, -0.1) is 0 Å². The summed E-state index contributed by atoms with van der Waals surface area (Å²) in [6.45, 7) is 0. The second kappa shape index (κ2) is 4.95. The van der Waals surface area contributed by atoms with Crippen molar-refractivity contribution in [3.63, 3.8) is 0 Å². The molecule has 8 heteroatoms. The third-order valence-electron chi connectivity index (χ3n) is 2.31. The van der Waals surface area contributed by atoms with Gasteiger partial charge in [0.05, 0.1) is 5.56 Å². The summed E-state index contributed by atoms with van der Waals surface area (Å²) in [7, 11) is 0. The number of hydrogen-bond acceptors (Lipinski definition) is 3. The molecule has 0 atom stereocenters. The van der Waals surface area contributed by atoms with Crippen molar-refractivity contribution in [2.24, 2.45) is 0 Å². The van der Waals surface area contributed by atoms with Crippen LogP contribution < -0.4 is 11.1 Å². The molecule has 106 valence electrons. The van der Waals surface area contributed by atoms with Crippen molar-refractivity contribution in [1.82, 2.24) is 4.98 Å². The van der Waals surface area contributed by atoms with Gasteiger partial charge >= 0.3 is 6.18 Å². The SMILES string of the molecule is Nc1cc(C(F)(F)F)cc(Nc2cc(F)cc(F)c2)n1. The average Bonchev–Trinajstić information content (AvgIpc) is 2.25. The number of alkyl halides is 3. The first-order valence-electron chi connectivity index (χ1n) is 5.32. The first kappa shape index (κ1) is 14.0. The van der Waals surface area contributed by atoms with Crippen molar-refractivity contribution >= 4 is 17.3 Å². The van der Waals surface area contributed by atoms with Crippen LogP contribution in [0.15, 0.2) is 30.3 Å². The molecule has 1 aromatic carbocycles. The molecule has 0 unspecified atom stereocenters. The molecular weight excluding hydrogens is 281 g/mol. The van der Waals surface area contributed by atoms with Crippen molar-refractivity contribution in [3.8, 4) is 0 Å². The Labute approximate surface area is 110 Å². The maximum absolute atomic E-state index is 13.0. The summed E-state index contributed by atoms with van der Waals surface area (Å²) in [5.74, 6) is -2.36. The molecule has 2 aromatic rings. The fourth-order valence-electron chi connectivity index (χ4n) is 1.55. The van der Waals surface area contributed by atoms with E-state index in [-0.39, 0.29) is 17.3 Å². The molecule has 0 radical (unpaired) electrons. The smallest absolute Gasteiger partial charge is 0.384 e. The summed E-state index contributed by atoms with van der Waals surface area (Å²) in [4.78, 5) is 3.62. The average molecular weight is 289 g/mol. The predicted octanol–water partition coefficient (Wildman–Crippen LogP) is 3.70. The number of nitrogens with two attached hydrogens (primary N) is 1. The highest BCUT2D eigenvalue weighted by Gasteiger charge is 2.31. The van der Waals surface area contributed by atoms with Crippen LogP contribution in [0.25, 0.3) is 0 Å². The normalized spacial score (nSPS) is 11.4. The van der Waals surface area contributed by atoms with Crippen LogP contribution in [-0.4, -0.2) is 4.98 Å². The first-order chi connectivity index (χ1) is 9.24. The Kier molecular flexibility index (Phi) is 3.47. The summed E-state index contributed by atoms with van der Waals surface area (Å²) < 4.78 is 63.7. The number of pyridine rings is 1. The lowest BCUT2D eigenvalue weighted by atomic mass is 10.2. The van der Waals surface area contributed by atoms with Gasteiger partial charge < -0.3 is 11.1 Å². The Balaban J connectivity index is 2.36. The van der Waals surface area contributed by atoms with Crippen LogP contribution in [0.3, 0.4) is 0 Å². The highest BCUT2D eigenvalue weighted by Crippen LogP contribution is 2.32. The molecule has 0 aliphatic heterocycles. The third kappa shape index (κ3) is 3.34. The summed E-state index contributed by atoms with van der Waals surface area (Å²) in [5, 5.41) is 2.37. The van der Waals surface area contributed by atoms with E-state index in [9.17, 15) is 22.0 Å². The molecule has 0 spiro atoms. The Morgan fingerprint density at radius 1 is 0.950 bits per heavy atom. The van der Waals surface area contributed by atoms with Gasteiger partial charge in [-0.25, -0.2) is 13.8 Å². The zero-order valence-corrected chi connectivity index (χ0v) is 9.80. The van der Waals surface area contributed by atoms with E-state index in [1.807, 2.05) is 0 Å². The second-order valence-electron chi connectivity index (χ2n) is 3.95. The van der Waals surface area contributed by atoms with Gasteiger partial charge in [-0.2, -0.15) is 13.2 Å². The lowest BCUT2D eigenvalue weighted by Crippen LogP contribution is -2.08. The molecule has 0 bridgehead atoms. The molecule has 1 heterocycles. The quantitative estimate of drug-likeness (QED) is 0.829. The summed E-state index contributed by atoms with van der Waals surface area (Å²) in [6, 6.07) is 3.83. The zero-order chi connectivity index (χ0) is 14.9. The number of anilines is 3. The zero-order valence-electron chi connectivity index (χ0n) is 9.80. The van der Waals surface area contributed by atoms with Crippen LogP contribution in [0.4, 0.5) is 39.3 Å². The number of hydrogen-bond donors (Lipinski definition) is 2. The number of nitrogen functional groups attached to an aromatic ring is 1. The van der Waals surface area contributed by atoms with Crippen molar-refractivity contribution in [1.29, 1.82) is 0 Å². The fourth-order valence-corrected chi connectivity index (χ4v) is 1.55. The predicted molar refractivity (Wildman–Crippen MR) is 63.3 cm³/mol. The molecule has 3 nitrogen and oxygen atoms in total. The van der Waals surface area contributed by atoms with E-state index in [1.54, 1.807) is 0 Å². The van der Waals surface area contributed by atoms with Gasteiger partial charge in [0.1, 0.15) is 23.3 Å². The molecule has 3 N–H and O–H groups in total. The Bertz CT molecular complexity index is 619. The minimum Gasteiger partial charge on any atom is -0.384 e. The maximum Gasteiger partial charge on any atom is 0.416 e. The molecule has 0 aliphatic rings. The molecule has 0 saturated heterocycles. The van der Waals surface area contributed by atoms with E-state index in [0.29, 0.717) is 18.2 Å².